The van der Waals surface area contributed by atoms with Gasteiger partial charge in [0.05, 0.1) is 47.5 Å². The Morgan fingerprint density at radius 2 is 1.58 bits per heavy atom. The fraction of sp³-hybridized carbons (Fsp3) is 0.321. The number of alkyl halides is 3. The number of carbonyl (C=O) groups is 2. The quantitative estimate of drug-likeness (QED) is 0.449. The predicted molar refractivity (Wildman–Crippen MR) is 134 cm³/mol. The van der Waals surface area contributed by atoms with E-state index in [0.29, 0.717) is 11.1 Å². The molecule has 0 saturated heterocycles. The van der Waals surface area contributed by atoms with Crippen molar-refractivity contribution in [3.63, 3.8) is 0 Å². The number of allylic oxidation sites excluding steroid dienone is 1. The Morgan fingerprint density at radius 1 is 1.00 bits per heavy atom. The molecule has 10 heteroatoms. The minimum Gasteiger partial charge on any atom is -0.463 e. The van der Waals surface area contributed by atoms with Crippen molar-refractivity contribution in [2.45, 2.75) is 32.9 Å². The third-order valence-corrected chi connectivity index (χ3v) is 5.97. The van der Waals surface area contributed by atoms with Crippen molar-refractivity contribution in [2.75, 3.05) is 32.2 Å². The largest absolute Gasteiger partial charge is 0.463 e. The number of anilines is 1. The molecule has 1 heterocycles. The van der Waals surface area contributed by atoms with Crippen molar-refractivity contribution in [3.05, 3.63) is 87.9 Å². The van der Waals surface area contributed by atoms with Crippen LogP contribution in [0.1, 0.15) is 43.4 Å². The lowest BCUT2D eigenvalue weighted by Gasteiger charge is -2.41. The van der Waals surface area contributed by atoms with Crippen LogP contribution in [0.4, 0.5) is 18.9 Å². The third-order valence-electron chi connectivity index (χ3n) is 5.97. The van der Waals surface area contributed by atoms with E-state index in [0.717, 1.165) is 12.1 Å². The zero-order valence-electron chi connectivity index (χ0n) is 21.7. The number of esters is 2. The fourth-order valence-corrected chi connectivity index (χ4v) is 4.44. The lowest BCUT2D eigenvalue weighted by Crippen LogP contribution is -2.41. The summed E-state index contributed by atoms with van der Waals surface area (Å²) in [5.74, 6) is -2.20. The molecule has 1 atom stereocenters. The van der Waals surface area contributed by atoms with Crippen molar-refractivity contribution in [1.29, 1.82) is 5.26 Å². The van der Waals surface area contributed by atoms with Gasteiger partial charge in [-0.05, 0) is 56.7 Å². The van der Waals surface area contributed by atoms with Crippen LogP contribution in [0.3, 0.4) is 0 Å². The van der Waals surface area contributed by atoms with Crippen LogP contribution in [-0.2, 0) is 25.2 Å². The molecular weight excluding hydrogens is 499 g/mol. The van der Waals surface area contributed by atoms with Crippen molar-refractivity contribution in [3.8, 4) is 6.07 Å². The minimum atomic E-state index is -4.61. The van der Waals surface area contributed by atoms with Crippen LogP contribution in [0.5, 0.6) is 0 Å². The first-order valence-electron chi connectivity index (χ1n) is 11.9. The maximum atomic E-state index is 13.6. The molecule has 1 unspecified atom stereocenters. The number of rotatable bonds is 7. The summed E-state index contributed by atoms with van der Waals surface area (Å²) in [4.78, 5) is 29.9. The molecule has 2 aromatic carbocycles. The van der Waals surface area contributed by atoms with Crippen LogP contribution >= 0.6 is 0 Å². The van der Waals surface area contributed by atoms with E-state index >= 15 is 0 Å². The number of nitriles is 1. The summed E-state index contributed by atoms with van der Waals surface area (Å²) in [7, 11) is 3.29. The Kier molecular flexibility index (Phi) is 8.51. The van der Waals surface area contributed by atoms with Gasteiger partial charge >= 0.3 is 18.1 Å². The van der Waals surface area contributed by atoms with Gasteiger partial charge in [0.1, 0.15) is 5.82 Å². The minimum absolute atomic E-state index is 0.0319. The Labute approximate surface area is 219 Å². The summed E-state index contributed by atoms with van der Waals surface area (Å²) in [6.45, 7) is 4.92. The van der Waals surface area contributed by atoms with Gasteiger partial charge in [-0.25, -0.2) is 9.59 Å². The highest BCUT2D eigenvalue weighted by molar-refractivity contribution is 6.01. The Balaban J connectivity index is 2.44. The normalized spacial score (nSPS) is 15.8. The van der Waals surface area contributed by atoms with E-state index in [-0.39, 0.29) is 41.6 Å². The molecular formula is C28H28F3N3O4. The van der Waals surface area contributed by atoms with E-state index in [1.54, 1.807) is 64.0 Å². The molecule has 0 fully saturated rings. The lowest BCUT2D eigenvalue weighted by atomic mass is 9.80. The Morgan fingerprint density at radius 3 is 2.08 bits per heavy atom. The summed E-state index contributed by atoms with van der Waals surface area (Å²) < 4.78 is 51.6. The molecule has 3 rings (SSSR count). The van der Waals surface area contributed by atoms with E-state index in [9.17, 15) is 28.0 Å². The molecule has 200 valence electrons. The predicted octanol–water partition coefficient (Wildman–Crippen LogP) is 5.35. The summed E-state index contributed by atoms with van der Waals surface area (Å²) >= 11 is 0. The highest BCUT2D eigenvalue weighted by atomic mass is 19.4. The first-order chi connectivity index (χ1) is 18.0. The molecule has 0 N–H and O–H groups in total. The van der Waals surface area contributed by atoms with E-state index in [1.807, 2.05) is 6.07 Å². The standard InChI is InChI=1S/C28H28F3N3O4/c1-6-37-26(35)22-17(3)34(21-10-8-9-20(15-21)28(29,30)31)25(33(4)5)24(27(36)38-7-2)23(22)19-13-11-18(16-32)12-14-19/h8-15,23H,6-7H2,1-5H3. The maximum Gasteiger partial charge on any atom is 0.416 e. The number of hydrogen-bond donors (Lipinski definition) is 0. The second-order valence-corrected chi connectivity index (χ2v) is 8.62. The van der Waals surface area contributed by atoms with Crippen molar-refractivity contribution in [1.82, 2.24) is 4.90 Å². The van der Waals surface area contributed by atoms with Gasteiger partial charge in [-0.1, -0.05) is 18.2 Å². The molecule has 1 aliphatic rings. The van der Waals surface area contributed by atoms with Gasteiger partial charge in [0.2, 0.25) is 0 Å². The second-order valence-electron chi connectivity index (χ2n) is 8.62. The van der Waals surface area contributed by atoms with Gasteiger partial charge in [-0.15, -0.1) is 0 Å². The van der Waals surface area contributed by atoms with E-state index in [2.05, 4.69) is 0 Å². The van der Waals surface area contributed by atoms with Gasteiger partial charge in [0.25, 0.3) is 0 Å². The average Bonchev–Trinajstić information content (AvgIpc) is 2.87. The fourth-order valence-electron chi connectivity index (χ4n) is 4.44. The molecule has 0 aromatic heterocycles. The summed E-state index contributed by atoms with van der Waals surface area (Å²) in [6, 6.07) is 13.0. The average molecular weight is 528 g/mol. The molecule has 0 spiro atoms. The second kappa shape index (κ2) is 11.4. The molecule has 0 amide bonds. The van der Waals surface area contributed by atoms with Crippen LogP contribution in [-0.4, -0.2) is 44.1 Å². The van der Waals surface area contributed by atoms with Gasteiger partial charge < -0.3 is 14.4 Å². The number of halogens is 3. The molecule has 38 heavy (non-hydrogen) atoms. The Bertz CT molecular complexity index is 1320. The van der Waals surface area contributed by atoms with E-state index in [4.69, 9.17) is 9.47 Å². The Hall–Kier alpha value is -4.26. The maximum absolute atomic E-state index is 13.6. The van der Waals surface area contributed by atoms with Gasteiger partial charge in [-0.3, -0.25) is 4.90 Å². The van der Waals surface area contributed by atoms with Crippen LogP contribution in [0, 0.1) is 11.3 Å². The monoisotopic (exact) mass is 527 g/mol. The van der Waals surface area contributed by atoms with Crippen LogP contribution in [0.15, 0.2) is 71.2 Å². The van der Waals surface area contributed by atoms with E-state index in [1.165, 1.54) is 17.0 Å². The number of ether oxygens (including phenoxy) is 2. The van der Waals surface area contributed by atoms with Crippen molar-refractivity contribution in [2.24, 2.45) is 0 Å². The molecule has 0 saturated carbocycles. The molecule has 1 aliphatic heterocycles. The molecule has 0 bridgehead atoms. The number of carbonyl (C=O) groups excluding carboxylic acids is 2. The zero-order valence-corrected chi connectivity index (χ0v) is 21.7. The highest BCUT2D eigenvalue weighted by Gasteiger charge is 2.43. The first kappa shape index (κ1) is 28.3. The molecule has 7 nitrogen and oxygen atoms in total. The van der Waals surface area contributed by atoms with Crippen molar-refractivity contribution >= 4 is 17.6 Å². The summed E-state index contributed by atoms with van der Waals surface area (Å²) in [5, 5.41) is 9.25. The highest BCUT2D eigenvalue weighted by Crippen LogP contribution is 2.46. The van der Waals surface area contributed by atoms with Gasteiger partial charge in [0.15, 0.2) is 0 Å². The van der Waals surface area contributed by atoms with Crippen LogP contribution < -0.4 is 4.90 Å². The number of benzene rings is 2. The third kappa shape index (κ3) is 5.52. The van der Waals surface area contributed by atoms with Crippen LogP contribution in [0.2, 0.25) is 0 Å². The number of nitrogens with zero attached hydrogens (tertiary/aromatic N) is 3. The summed E-state index contributed by atoms with van der Waals surface area (Å²) in [6.07, 6.45) is -4.61. The lowest BCUT2D eigenvalue weighted by molar-refractivity contribution is -0.140. The summed E-state index contributed by atoms with van der Waals surface area (Å²) in [5.41, 5.74) is 0.512. The molecule has 0 aliphatic carbocycles. The topological polar surface area (TPSA) is 82.9 Å². The SMILES string of the molecule is CCOC(=O)C1=C(C)N(c2cccc(C(F)(F)F)c2)C(N(C)C)=C(C(=O)OCC)C1c1ccc(C#N)cc1. The van der Waals surface area contributed by atoms with Gasteiger partial charge in [0, 0.05) is 25.5 Å². The first-order valence-corrected chi connectivity index (χ1v) is 11.9. The molecule has 0 radical (unpaired) electrons. The van der Waals surface area contributed by atoms with Crippen molar-refractivity contribution < 1.29 is 32.2 Å². The molecule has 2 aromatic rings. The smallest absolute Gasteiger partial charge is 0.416 e. The number of hydrogen-bond acceptors (Lipinski definition) is 7. The van der Waals surface area contributed by atoms with Crippen LogP contribution in [0.25, 0.3) is 0 Å². The zero-order chi connectivity index (χ0) is 28.2. The van der Waals surface area contributed by atoms with Gasteiger partial charge in [-0.2, -0.15) is 18.4 Å². The van der Waals surface area contributed by atoms with E-state index < -0.39 is 29.6 Å².